The quantitative estimate of drug-likeness (QED) is 0.802. The third-order valence-electron chi connectivity index (χ3n) is 3.51. The molecule has 1 saturated heterocycles. The lowest BCUT2D eigenvalue weighted by molar-refractivity contribution is 0.0697. The molecule has 1 aromatic rings. The highest BCUT2D eigenvalue weighted by atomic mass is 16.2. The van der Waals surface area contributed by atoms with Crippen LogP contribution < -0.4 is 4.90 Å². The normalized spacial score (nSPS) is 16.7. The topological polar surface area (TPSA) is 36.4 Å². The number of pyridine rings is 1. The van der Waals surface area contributed by atoms with E-state index in [1.54, 1.807) is 6.20 Å². The van der Waals surface area contributed by atoms with Crippen molar-refractivity contribution in [2.24, 2.45) is 5.92 Å². The van der Waals surface area contributed by atoms with Crippen molar-refractivity contribution in [3.63, 3.8) is 0 Å². The number of hydrogen-bond donors (Lipinski definition) is 0. The van der Waals surface area contributed by atoms with E-state index < -0.39 is 0 Å². The van der Waals surface area contributed by atoms with Crippen molar-refractivity contribution in [3.05, 3.63) is 23.9 Å². The number of piperidine rings is 1. The Morgan fingerprint density at radius 2 is 2.06 bits per heavy atom. The first-order valence-corrected chi connectivity index (χ1v) is 6.51. The Kier molecular flexibility index (Phi) is 3.84. The molecule has 0 bridgehead atoms. The number of hydrogen-bond acceptors (Lipinski definition) is 3. The summed E-state index contributed by atoms with van der Waals surface area (Å²) in [5.41, 5.74) is 0.706. The minimum Gasteiger partial charge on any atom is -0.362 e. The summed E-state index contributed by atoms with van der Waals surface area (Å²) in [6.45, 7) is 3.97. The van der Waals surface area contributed by atoms with Gasteiger partial charge in [0.05, 0.1) is 5.56 Å². The Morgan fingerprint density at radius 3 is 2.67 bits per heavy atom. The predicted molar refractivity (Wildman–Crippen MR) is 72.9 cm³/mol. The average molecular weight is 247 g/mol. The van der Waals surface area contributed by atoms with E-state index in [-0.39, 0.29) is 5.91 Å². The number of aromatic nitrogens is 1. The zero-order valence-corrected chi connectivity index (χ0v) is 11.4. The zero-order valence-electron chi connectivity index (χ0n) is 11.4. The van der Waals surface area contributed by atoms with Crippen molar-refractivity contribution >= 4 is 11.7 Å². The molecule has 0 saturated carbocycles. The van der Waals surface area contributed by atoms with Crippen LogP contribution in [0.4, 0.5) is 5.82 Å². The molecule has 1 aliphatic heterocycles. The van der Waals surface area contributed by atoms with E-state index >= 15 is 0 Å². The number of likely N-dealkylation sites (tertiary alicyclic amines) is 1. The van der Waals surface area contributed by atoms with Gasteiger partial charge in [-0.1, -0.05) is 6.92 Å². The van der Waals surface area contributed by atoms with E-state index in [0.29, 0.717) is 5.56 Å². The molecule has 0 aromatic carbocycles. The van der Waals surface area contributed by atoms with Crippen LogP contribution in [0.3, 0.4) is 0 Å². The molecule has 2 heterocycles. The summed E-state index contributed by atoms with van der Waals surface area (Å²) in [5.74, 6) is 1.59. The number of anilines is 1. The Labute approximate surface area is 109 Å². The van der Waals surface area contributed by atoms with Gasteiger partial charge in [-0.3, -0.25) is 4.79 Å². The number of carbonyl (C=O) groups is 1. The van der Waals surface area contributed by atoms with Gasteiger partial charge in [0.15, 0.2) is 0 Å². The van der Waals surface area contributed by atoms with Gasteiger partial charge in [-0.15, -0.1) is 0 Å². The first-order valence-electron chi connectivity index (χ1n) is 6.51. The zero-order chi connectivity index (χ0) is 13.1. The van der Waals surface area contributed by atoms with Gasteiger partial charge in [-0.2, -0.15) is 0 Å². The van der Waals surface area contributed by atoms with Crippen LogP contribution in [-0.2, 0) is 0 Å². The fraction of sp³-hybridized carbons (Fsp3) is 0.571. The van der Waals surface area contributed by atoms with Crippen LogP contribution in [0.1, 0.15) is 30.1 Å². The van der Waals surface area contributed by atoms with E-state index in [1.165, 1.54) is 0 Å². The van der Waals surface area contributed by atoms with E-state index in [1.807, 2.05) is 36.0 Å². The first-order chi connectivity index (χ1) is 8.59. The molecule has 1 fully saturated rings. The number of amides is 1. The van der Waals surface area contributed by atoms with Gasteiger partial charge in [-0.25, -0.2) is 4.98 Å². The van der Waals surface area contributed by atoms with Gasteiger partial charge in [0, 0.05) is 33.4 Å². The van der Waals surface area contributed by atoms with E-state index in [4.69, 9.17) is 0 Å². The maximum Gasteiger partial charge on any atom is 0.257 e. The second-order valence-corrected chi connectivity index (χ2v) is 5.24. The van der Waals surface area contributed by atoms with Gasteiger partial charge >= 0.3 is 0 Å². The molecule has 98 valence electrons. The molecular formula is C14H21N3O. The van der Waals surface area contributed by atoms with Gasteiger partial charge in [0.25, 0.3) is 5.91 Å². The highest BCUT2D eigenvalue weighted by Crippen LogP contribution is 2.21. The van der Waals surface area contributed by atoms with Gasteiger partial charge < -0.3 is 9.80 Å². The van der Waals surface area contributed by atoms with E-state index in [0.717, 1.165) is 37.7 Å². The second-order valence-electron chi connectivity index (χ2n) is 5.24. The smallest absolute Gasteiger partial charge is 0.257 e. The van der Waals surface area contributed by atoms with Gasteiger partial charge in [-0.05, 0) is 30.9 Å². The standard InChI is InChI=1S/C14H21N3O/c1-11-6-9-17(10-7-11)14(18)12-5-4-8-15-13(12)16(2)3/h4-5,8,11H,6-7,9-10H2,1-3H3. The summed E-state index contributed by atoms with van der Waals surface area (Å²) in [6.07, 6.45) is 3.93. The van der Waals surface area contributed by atoms with Crippen molar-refractivity contribution in [2.75, 3.05) is 32.1 Å². The summed E-state index contributed by atoms with van der Waals surface area (Å²) in [4.78, 5) is 20.6. The molecule has 1 amide bonds. The largest absolute Gasteiger partial charge is 0.362 e. The maximum atomic E-state index is 12.5. The summed E-state index contributed by atoms with van der Waals surface area (Å²) >= 11 is 0. The number of nitrogens with zero attached hydrogens (tertiary/aromatic N) is 3. The van der Waals surface area contributed by atoms with Crippen LogP contribution in [0.15, 0.2) is 18.3 Å². The van der Waals surface area contributed by atoms with E-state index in [2.05, 4.69) is 11.9 Å². The predicted octanol–water partition coefficient (Wildman–Crippen LogP) is 2.02. The molecule has 0 unspecified atom stereocenters. The molecular weight excluding hydrogens is 226 g/mol. The summed E-state index contributed by atoms with van der Waals surface area (Å²) in [5, 5.41) is 0. The molecule has 0 N–H and O–H groups in total. The summed E-state index contributed by atoms with van der Waals surface area (Å²) in [6, 6.07) is 3.69. The lowest BCUT2D eigenvalue weighted by Gasteiger charge is -2.31. The van der Waals surface area contributed by atoms with Crippen molar-refractivity contribution in [3.8, 4) is 0 Å². The van der Waals surface area contributed by atoms with Crippen LogP contribution >= 0.6 is 0 Å². The molecule has 1 aromatic heterocycles. The lowest BCUT2D eigenvalue weighted by Crippen LogP contribution is -2.38. The van der Waals surface area contributed by atoms with Crippen molar-refractivity contribution in [1.29, 1.82) is 0 Å². The van der Waals surface area contributed by atoms with Crippen LogP contribution in [0.5, 0.6) is 0 Å². The van der Waals surface area contributed by atoms with Gasteiger partial charge in [0.1, 0.15) is 5.82 Å². The lowest BCUT2D eigenvalue weighted by atomic mass is 9.98. The number of carbonyl (C=O) groups excluding carboxylic acids is 1. The third kappa shape index (κ3) is 2.63. The fourth-order valence-corrected chi connectivity index (χ4v) is 2.30. The average Bonchev–Trinajstić information content (AvgIpc) is 2.39. The molecule has 0 radical (unpaired) electrons. The van der Waals surface area contributed by atoms with Crippen molar-refractivity contribution in [2.45, 2.75) is 19.8 Å². The summed E-state index contributed by atoms with van der Waals surface area (Å²) < 4.78 is 0. The molecule has 4 heteroatoms. The monoisotopic (exact) mass is 247 g/mol. The first kappa shape index (κ1) is 12.9. The van der Waals surface area contributed by atoms with E-state index in [9.17, 15) is 4.79 Å². The Hall–Kier alpha value is -1.58. The Morgan fingerprint density at radius 1 is 1.39 bits per heavy atom. The Bertz CT molecular complexity index is 423. The third-order valence-corrected chi connectivity index (χ3v) is 3.51. The SMILES string of the molecule is CC1CCN(C(=O)c2cccnc2N(C)C)CC1. The highest BCUT2D eigenvalue weighted by Gasteiger charge is 2.23. The summed E-state index contributed by atoms with van der Waals surface area (Å²) in [7, 11) is 3.83. The number of rotatable bonds is 2. The highest BCUT2D eigenvalue weighted by molar-refractivity contribution is 5.98. The van der Waals surface area contributed by atoms with Crippen LogP contribution in [0.25, 0.3) is 0 Å². The minimum absolute atomic E-state index is 0.110. The molecule has 4 nitrogen and oxygen atoms in total. The molecule has 1 aliphatic rings. The minimum atomic E-state index is 0.110. The molecule has 0 spiro atoms. The Balaban J connectivity index is 2.18. The molecule has 18 heavy (non-hydrogen) atoms. The molecule has 0 atom stereocenters. The maximum absolute atomic E-state index is 12.5. The van der Waals surface area contributed by atoms with Crippen LogP contribution in [0.2, 0.25) is 0 Å². The molecule has 2 rings (SSSR count). The van der Waals surface area contributed by atoms with Crippen LogP contribution in [0, 0.1) is 5.92 Å². The van der Waals surface area contributed by atoms with Crippen molar-refractivity contribution in [1.82, 2.24) is 9.88 Å². The van der Waals surface area contributed by atoms with Gasteiger partial charge in [0.2, 0.25) is 0 Å². The molecule has 0 aliphatic carbocycles. The van der Waals surface area contributed by atoms with Crippen LogP contribution in [-0.4, -0.2) is 43.0 Å². The second kappa shape index (κ2) is 5.38. The van der Waals surface area contributed by atoms with Crippen molar-refractivity contribution < 1.29 is 4.79 Å². The fourth-order valence-electron chi connectivity index (χ4n) is 2.30.